The van der Waals surface area contributed by atoms with Gasteiger partial charge >= 0.3 is 0 Å². The number of aliphatic imine (C=N–C) groups is 1. The molecule has 176 valence electrons. The molecule has 2 aliphatic rings. The Morgan fingerprint density at radius 1 is 1.16 bits per heavy atom. The summed E-state index contributed by atoms with van der Waals surface area (Å²) in [6.45, 7) is 7.24. The molecule has 1 aliphatic carbocycles. The van der Waals surface area contributed by atoms with Gasteiger partial charge in [-0.05, 0) is 44.1 Å². The lowest BCUT2D eigenvalue weighted by molar-refractivity contribution is 0.0904. The lowest BCUT2D eigenvalue weighted by Gasteiger charge is -2.36. The molecule has 0 radical (unpaired) electrons. The summed E-state index contributed by atoms with van der Waals surface area (Å²) in [5.74, 6) is 0.912. The Labute approximate surface area is 204 Å². The first-order valence-corrected chi connectivity index (χ1v) is 12.5. The van der Waals surface area contributed by atoms with Crippen molar-refractivity contribution in [2.24, 2.45) is 10.4 Å². The molecule has 1 heterocycles. The molecule has 0 aromatic heterocycles. The number of rotatable bonds is 9. The van der Waals surface area contributed by atoms with E-state index in [0.29, 0.717) is 31.6 Å². The van der Waals surface area contributed by atoms with E-state index >= 15 is 0 Å². The zero-order valence-electron chi connectivity index (χ0n) is 18.9. The van der Waals surface area contributed by atoms with Gasteiger partial charge in [0, 0.05) is 39.8 Å². The van der Waals surface area contributed by atoms with Crippen LogP contribution in [0.3, 0.4) is 0 Å². The van der Waals surface area contributed by atoms with Gasteiger partial charge in [-0.25, -0.2) is 8.42 Å². The van der Waals surface area contributed by atoms with E-state index in [1.54, 1.807) is 11.4 Å². The lowest BCUT2D eigenvalue weighted by atomic mass is 9.96. The molecule has 1 saturated carbocycles. The fraction of sp³-hybridized carbons (Fsp3) is 0.682. The van der Waals surface area contributed by atoms with Crippen molar-refractivity contribution in [1.29, 1.82) is 0 Å². The smallest absolute Gasteiger partial charge is 0.216 e. The van der Waals surface area contributed by atoms with Crippen LogP contribution in [-0.4, -0.2) is 81.8 Å². The molecule has 1 aromatic rings. The topological polar surface area (TPSA) is 74.2 Å². The first kappa shape index (κ1) is 26.3. The number of hydrogen-bond acceptors (Lipinski definition) is 4. The van der Waals surface area contributed by atoms with Gasteiger partial charge in [0.2, 0.25) is 10.0 Å². The minimum Gasteiger partial charge on any atom is -0.378 e. The van der Waals surface area contributed by atoms with E-state index in [-0.39, 0.29) is 42.4 Å². The largest absolute Gasteiger partial charge is 0.378 e. The van der Waals surface area contributed by atoms with Gasteiger partial charge in [-0.1, -0.05) is 30.3 Å². The van der Waals surface area contributed by atoms with Crippen molar-refractivity contribution in [3.8, 4) is 0 Å². The van der Waals surface area contributed by atoms with Gasteiger partial charge in [0.15, 0.2) is 5.96 Å². The van der Waals surface area contributed by atoms with Gasteiger partial charge in [-0.3, -0.25) is 4.99 Å². The van der Waals surface area contributed by atoms with Crippen molar-refractivity contribution in [2.75, 3.05) is 52.1 Å². The summed E-state index contributed by atoms with van der Waals surface area (Å²) in [6, 6.07) is 10.6. The minimum atomic E-state index is -3.27. The standard InChI is InChI=1S/C22H36N4O3S.HI/c1-19(2)29-15-16-30(27,28)26-13-11-25(12-14-26)21(23-3)24-18-22(9-10-22)17-20-7-5-4-6-8-20;/h4-8,19H,9-18H2,1-3H3,(H,23,24);1H. The summed E-state index contributed by atoms with van der Waals surface area (Å²) in [7, 11) is -1.48. The first-order chi connectivity index (χ1) is 14.3. The second kappa shape index (κ2) is 11.8. The zero-order chi connectivity index (χ0) is 21.6. The van der Waals surface area contributed by atoms with Crippen molar-refractivity contribution in [1.82, 2.24) is 14.5 Å². The van der Waals surface area contributed by atoms with Gasteiger partial charge in [-0.2, -0.15) is 4.31 Å². The Balaban J connectivity index is 0.00000341. The Hall–Kier alpha value is -0.910. The molecule has 31 heavy (non-hydrogen) atoms. The Morgan fingerprint density at radius 2 is 1.81 bits per heavy atom. The molecular weight excluding hydrogens is 527 g/mol. The quantitative estimate of drug-likeness (QED) is 0.284. The number of halogens is 1. The van der Waals surface area contributed by atoms with Crippen molar-refractivity contribution in [3.63, 3.8) is 0 Å². The van der Waals surface area contributed by atoms with Crippen molar-refractivity contribution < 1.29 is 13.2 Å². The highest BCUT2D eigenvalue weighted by atomic mass is 127. The van der Waals surface area contributed by atoms with E-state index in [1.165, 1.54) is 18.4 Å². The molecule has 2 fully saturated rings. The third-order valence-corrected chi connectivity index (χ3v) is 7.77. The molecule has 0 bridgehead atoms. The summed E-state index contributed by atoms with van der Waals surface area (Å²) >= 11 is 0. The zero-order valence-corrected chi connectivity index (χ0v) is 22.1. The lowest BCUT2D eigenvalue weighted by Crippen LogP contribution is -2.54. The van der Waals surface area contributed by atoms with Crippen molar-refractivity contribution in [3.05, 3.63) is 35.9 Å². The van der Waals surface area contributed by atoms with Gasteiger partial charge in [0.05, 0.1) is 18.5 Å². The molecule has 1 saturated heterocycles. The Bertz CT molecular complexity index is 805. The number of sulfonamides is 1. The monoisotopic (exact) mass is 564 g/mol. The van der Waals surface area contributed by atoms with Crippen molar-refractivity contribution in [2.45, 2.75) is 39.2 Å². The molecule has 0 amide bonds. The van der Waals surface area contributed by atoms with Crippen LogP contribution < -0.4 is 5.32 Å². The maximum atomic E-state index is 12.5. The fourth-order valence-electron chi connectivity index (χ4n) is 3.92. The molecule has 9 heteroatoms. The highest BCUT2D eigenvalue weighted by molar-refractivity contribution is 14.0. The third-order valence-electron chi connectivity index (χ3n) is 5.94. The van der Waals surface area contributed by atoms with Gasteiger partial charge in [0.25, 0.3) is 0 Å². The van der Waals surface area contributed by atoms with E-state index in [1.807, 2.05) is 13.8 Å². The number of ether oxygens (including phenoxy) is 1. The number of guanidine groups is 1. The van der Waals surface area contributed by atoms with E-state index in [4.69, 9.17) is 4.74 Å². The fourth-order valence-corrected chi connectivity index (χ4v) is 5.20. The number of nitrogens with one attached hydrogen (secondary N) is 1. The van der Waals surface area contributed by atoms with Crippen LogP contribution in [0.2, 0.25) is 0 Å². The molecule has 3 rings (SSSR count). The minimum absolute atomic E-state index is 0. The first-order valence-electron chi connectivity index (χ1n) is 10.9. The molecule has 7 nitrogen and oxygen atoms in total. The average Bonchev–Trinajstić information content (AvgIpc) is 3.48. The molecule has 0 atom stereocenters. The summed E-state index contributed by atoms with van der Waals surface area (Å²) in [6.07, 6.45) is 3.60. The Kier molecular flexibility index (Phi) is 10.0. The van der Waals surface area contributed by atoms with E-state index in [0.717, 1.165) is 18.9 Å². The molecule has 0 unspecified atom stereocenters. The predicted molar refractivity (Wildman–Crippen MR) is 137 cm³/mol. The maximum absolute atomic E-state index is 12.5. The number of hydrogen-bond donors (Lipinski definition) is 1. The van der Waals surface area contributed by atoms with Gasteiger partial charge < -0.3 is 15.0 Å². The average molecular weight is 565 g/mol. The molecule has 1 aromatic carbocycles. The van der Waals surface area contributed by atoms with Crippen LogP contribution in [0.5, 0.6) is 0 Å². The maximum Gasteiger partial charge on any atom is 0.216 e. The second-order valence-electron chi connectivity index (χ2n) is 8.68. The molecular formula is C22H37IN4O3S. The second-order valence-corrected chi connectivity index (χ2v) is 10.8. The van der Waals surface area contributed by atoms with Crippen LogP contribution in [0.1, 0.15) is 32.3 Å². The SMILES string of the molecule is CN=C(NCC1(Cc2ccccc2)CC1)N1CCN(S(=O)(=O)CCOC(C)C)CC1.I. The van der Waals surface area contributed by atoms with Crippen LogP contribution in [0.4, 0.5) is 0 Å². The van der Waals surface area contributed by atoms with Gasteiger partial charge in [0.1, 0.15) is 0 Å². The van der Waals surface area contributed by atoms with E-state index in [2.05, 4.69) is 45.5 Å². The van der Waals surface area contributed by atoms with Crippen LogP contribution in [-0.2, 0) is 21.2 Å². The summed E-state index contributed by atoms with van der Waals surface area (Å²) in [5.41, 5.74) is 1.70. The highest BCUT2D eigenvalue weighted by Crippen LogP contribution is 2.47. The Morgan fingerprint density at radius 3 is 2.35 bits per heavy atom. The number of nitrogens with zero attached hydrogens (tertiary/aromatic N) is 3. The normalized spacial score (nSPS) is 19.2. The van der Waals surface area contributed by atoms with Crippen LogP contribution in [0.25, 0.3) is 0 Å². The van der Waals surface area contributed by atoms with Gasteiger partial charge in [-0.15, -0.1) is 24.0 Å². The summed E-state index contributed by atoms with van der Waals surface area (Å²) < 4.78 is 32.1. The van der Waals surface area contributed by atoms with E-state index < -0.39 is 10.0 Å². The number of piperazine rings is 1. The van der Waals surface area contributed by atoms with Crippen LogP contribution in [0, 0.1) is 5.41 Å². The third kappa shape index (κ3) is 7.87. The van der Waals surface area contributed by atoms with Crippen LogP contribution >= 0.6 is 24.0 Å². The molecule has 1 N–H and O–H groups in total. The molecule has 1 aliphatic heterocycles. The summed E-state index contributed by atoms with van der Waals surface area (Å²) in [5, 5.41) is 3.55. The van der Waals surface area contributed by atoms with Crippen molar-refractivity contribution >= 4 is 40.0 Å². The summed E-state index contributed by atoms with van der Waals surface area (Å²) in [4.78, 5) is 6.61. The molecule has 0 spiro atoms. The highest BCUT2D eigenvalue weighted by Gasteiger charge is 2.42. The van der Waals surface area contributed by atoms with Crippen LogP contribution in [0.15, 0.2) is 35.3 Å². The predicted octanol–water partition coefficient (Wildman–Crippen LogP) is 2.58. The van der Waals surface area contributed by atoms with E-state index in [9.17, 15) is 8.42 Å². The number of benzene rings is 1.